The average molecular weight is 411 g/mol. The third-order valence-electron chi connectivity index (χ3n) is 4.49. The van der Waals surface area contributed by atoms with E-state index in [-0.39, 0.29) is 22.6 Å². The molecule has 1 aliphatic heterocycles. The summed E-state index contributed by atoms with van der Waals surface area (Å²) in [5.74, 6) is -0.274. The van der Waals surface area contributed by atoms with E-state index >= 15 is 0 Å². The lowest BCUT2D eigenvalue weighted by molar-refractivity contribution is -0.384. The van der Waals surface area contributed by atoms with Crippen molar-refractivity contribution in [3.8, 4) is 0 Å². The molecule has 1 aliphatic rings. The third-order valence-corrected chi connectivity index (χ3v) is 4.79. The number of benzene rings is 2. The Morgan fingerprint density at radius 3 is 2.76 bits per heavy atom. The number of nitro benzene ring substituents is 1. The van der Waals surface area contributed by atoms with Crippen LogP contribution in [0.15, 0.2) is 53.6 Å². The number of pyridine rings is 1. The molecular weight excluding hydrogens is 396 g/mol. The van der Waals surface area contributed by atoms with Crippen molar-refractivity contribution in [3.63, 3.8) is 0 Å². The van der Waals surface area contributed by atoms with Crippen LogP contribution in [-0.4, -0.2) is 26.7 Å². The predicted molar refractivity (Wildman–Crippen MR) is 107 cm³/mol. The fourth-order valence-corrected chi connectivity index (χ4v) is 3.32. The first-order chi connectivity index (χ1) is 13.8. The average Bonchev–Trinajstić information content (AvgIpc) is 3.13. The van der Waals surface area contributed by atoms with Crippen LogP contribution in [0.5, 0.6) is 0 Å². The second-order valence-electron chi connectivity index (χ2n) is 6.61. The Labute approximate surface area is 170 Å². The van der Waals surface area contributed by atoms with Crippen molar-refractivity contribution in [2.75, 3.05) is 0 Å². The Morgan fingerprint density at radius 1 is 1.24 bits per heavy atom. The SMILES string of the molecule is CC(=O)N1N=C(c2cccc([N+](=O)[O-])c2)O[C@@H]1c1cc2ccc(C)cc2nc1Cl. The molecule has 0 radical (unpaired) electrons. The molecule has 0 saturated heterocycles. The normalized spacial score (nSPS) is 15.9. The summed E-state index contributed by atoms with van der Waals surface area (Å²) >= 11 is 6.40. The van der Waals surface area contributed by atoms with Gasteiger partial charge in [0.05, 0.1) is 16.0 Å². The molecule has 2 heterocycles. The molecule has 0 spiro atoms. The number of nitrogens with zero attached hydrogens (tertiary/aromatic N) is 4. The van der Waals surface area contributed by atoms with Gasteiger partial charge >= 0.3 is 0 Å². The highest BCUT2D eigenvalue weighted by Crippen LogP contribution is 2.35. The Balaban J connectivity index is 1.75. The molecule has 9 heteroatoms. The van der Waals surface area contributed by atoms with Gasteiger partial charge in [0.2, 0.25) is 18.0 Å². The van der Waals surface area contributed by atoms with E-state index in [9.17, 15) is 14.9 Å². The lowest BCUT2D eigenvalue weighted by Gasteiger charge is -2.20. The van der Waals surface area contributed by atoms with Crippen LogP contribution in [0, 0.1) is 17.0 Å². The quantitative estimate of drug-likeness (QED) is 0.363. The summed E-state index contributed by atoms with van der Waals surface area (Å²) in [6, 6.07) is 13.4. The summed E-state index contributed by atoms with van der Waals surface area (Å²) in [6.45, 7) is 3.31. The molecule has 4 rings (SSSR count). The molecule has 0 bridgehead atoms. The zero-order valence-electron chi connectivity index (χ0n) is 15.5. The standard InChI is InChI=1S/C20H15ClN4O4/c1-11-6-7-13-10-16(18(21)22-17(13)8-11)20-24(12(2)26)23-19(29-20)14-4-3-5-15(9-14)25(27)28/h3-10,20H,1-2H3/t20-/m1/s1. The maximum Gasteiger partial charge on any atom is 0.270 e. The molecule has 0 fully saturated rings. The van der Waals surface area contributed by atoms with Gasteiger partial charge in [-0.2, -0.15) is 5.01 Å². The number of nitro groups is 1. The first-order valence-electron chi connectivity index (χ1n) is 8.70. The van der Waals surface area contributed by atoms with Crippen molar-refractivity contribution in [1.82, 2.24) is 9.99 Å². The maximum atomic E-state index is 12.2. The summed E-state index contributed by atoms with van der Waals surface area (Å²) in [6.07, 6.45) is -0.924. The molecular formula is C20H15ClN4O4. The van der Waals surface area contributed by atoms with Gasteiger partial charge in [0.1, 0.15) is 5.15 Å². The molecule has 8 nitrogen and oxygen atoms in total. The molecule has 0 unspecified atom stereocenters. The third kappa shape index (κ3) is 3.50. The van der Waals surface area contributed by atoms with Crippen LogP contribution in [0.3, 0.4) is 0 Å². The maximum absolute atomic E-state index is 12.2. The molecule has 146 valence electrons. The fraction of sp³-hybridized carbons (Fsp3) is 0.150. The highest BCUT2D eigenvalue weighted by Gasteiger charge is 2.35. The van der Waals surface area contributed by atoms with Crippen LogP contribution in [0.4, 0.5) is 5.69 Å². The minimum atomic E-state index is -0.924. The summed E-state index contributed by atoms with van der Waals surface area (Å²) in [5, 5.41) is 17.5. The second-order valence-corrected chi connectivity index (χ2v) is 6.97. The number of hydrogen-bond donors (Lipinski definition) is 0. The van der Waals surface area contributed by atoms with E-state index in [2.05, 4.69) is 10.1 Å². The van der Waals surface area contributed by atoms with Crippen molar-refractivity contribution in [2.45, 2.75) is 20.1 Å². The van der Waals surface area contributed by atoms with E-state index in [4.69, 9.17) is 16.3 Å². The highest BCUT2D eigenvalue weighted by molar-refractivity contribution is 6.30. The number of carbonyl (C=O) groups is 1. The van der Waals surface area contributed by atoms with Crippen LogP contribution < -0.4 is 0 Å². The van der Waals surface area contributed by atoms with E-state index in [1.165, 1.54) is 25.1 Å². The number of rotatable bonds is 3. The zero-order chi connectivity index (χ0) is 20.7. The number of aryl methyl sites for hydroxylation is 1. The molecule has 3 aromatic rings. The zero-order valence-corrected chi connectivity index (χ0v) is 16.3. The largest absolute Gasteiger partial charge is 0.446 e. The van der Waals surface area contributed by atoms with Gasteiger partial charge in [-0.05, 0) is 30.7 Å². The Morgan fingerprint density at radius 2 is 2.03 bits per heavy atom. The van der Waals surface area contributed by atoms with Crippen LogP contribution in [-0.2, 0) is 9.53 Å². The number of non-ortho nitro benzene ring substituents is 1. The van der Waals surface area contributed by atoms with Crippen LogP contribution in [0.1, 0.15) is 29.8 Å². The van der Waals surface area contributed by atoms with Gasteiger partial charge in [0, 0.05) is 30.0 Å². The monoisotopic (exact) mass is 410 g/mol. The molecule has 0 aliphatic carbocycles. The minimum Gasteiger partial charge on any atom is -0.446 e. The topological polar surface area (TPSA) is 97.9 Å². The minimum absolute atomic E-state index is 0.0916. The smallest absolute Gasteiger partial charge is 0.270 e. The van der Waals surface area contributed by atoms with Gasteiger partial charge in [-0.3, -0.25) is 14.9 Å². The van der Waals surface area contributed by atoms with Gasteiger partial charge in [0.15, 0.2) is 0 Å². The first-order valence-corrected chi connectivity index (χ1v) is 9.08. The number of hydrazone groups is 1. The van der Waals surface area contributed by atoms with Crippen LogP contribution >= 0.6 is 11.6 Å². The molecule has 1 amide bonds. The molecule has 29 heavy (non-hydrogen) atoms. The number of halogens is 1. The van der Waals surface area contributed by atoms with E-state index < -0.39 is 11.2 Å². The molecule has 0 N–H and O–H groups in total. The number of amides is 1. The van der Waals surface area contributed by atoms with Crippen LogP contribution in [0.2, 0.25) is 5.15 Å². The van der Waals surface area contributed by atoms with E-state index in [1.54, 1.807) is 12.1 Å². The highest BCUT2D eigenvalue weighted by atomic mass is 35.5. The molecule has 1 atom stereocenters. The van der Waals surface area contributed by atoms with Gasteiger partial charge in [0.25, 0.3) is 5.69 Å². The number of aromatic nitrogens is 1. The van der Waals surface area contributed by atoms with Crippen molar-refractivity contribution < 1.29 is 14.5 Å². The number of hydrogen-bond acceptors (Lipinski definition) is 6. The van der Waals surface area contributed by atoms with Gasteiger partial charge in [-0.15, -0.1) is 5.10 Å². The van der Waals surface area contributed by atoms with Crippen LogP contribution in [0.25, 0.3) is 10.9 Å². The second kappa shape index (κ2) is 7.14. The fourth-order valence-electron chi connectivity index (χ4n) is 3.08. The van der Waals surface area contributed by atoms with E-state index in [0.717, 1.165) is 21.5 Å². The first kappa shape index (κ1) is 18.8. The number of ether oxygens (including phenoxy) is 1. The number of fused-ring (bicyclic) bond motifs is 1. The number of carbonyl (C=O) groups excluding carboxylic acids is 1. The van der Waals surface area contributed by atoms with Crippen molar-refractivity contribution >= 4 is 40.0 Å². The Bertz CT molecular complexity index is 1190. The molecule has 1 aromatic heterocycles. The molecule has 2 aromatic carbocycles. The summed E-state index contributed by atoms with van der Waals surface area (Å²) < 4.78 is 5.90. The van der Waals surface area contributed by atoms with Crippen molar-refractivity contribution in [2.24, 2.45) is 5.10 Å². The lowest BCUT2D eigenvalue weighted by Crippen LogP contribution is -2.25. The predicted octanol–water partition coefficient (Wildman–Crippen LogP) is 4.34. The van der Waals surface area contributed by atoms with Gasteiger partial charge < -0.3 is 4.74 Å². The van der Waals surface area contributed by atoms with Gasteiger partial charge in [-0.25, -0.2) is 4.98 Å². The van der Waals surface area contributed by atoms with E-state index in [0.29, 0.717) is 11.1 Å². The lowest BCUT2D eigenvalue weighted by atomic mass is 10.1. The molecule has 0 saturated carbocycles. The Kier molecular flexibility index (Phi) is 4.63. The van der Waals surface area contributed by atoms with Gasteiger partial charge in [-0.1, -0.05) is 29.8 Å². The van der Waals surface area contributed by atoms with E-state index in [1.807, 2.05) is 25.1 Å². The van der Waals surface area contributed by atoms with Crippen molar-refractivity contribution in [3.05, 3.63) is 80.5 Å². The van der Waals surface area contributed by atoms with Crippen molar-refractivity contribution in [1.29, 1.82) is 0 Å². The summed E-state index contributed by atoms with van der Waals surface area (Å²) in [7, 11) is 0. The summed E-state index contributed by atoms with van der Waals surface area (Å²) in [5.41, 5.74) is 2.53. The summed E-state index contributed by atoms with van der Waals surface area (Å²) in [4.78, 5) is 27.1. The Hall–Kier alpha value is -3.52.